The smallest absolute Gasteiger partial charge is 0.144 e. The van der Waals surface area contributed by atoms with E-state index in [0.29, 0.717) is 5.02 Å². The molecule has 1 aromatic heterocycles. The zero-order chi connectivity index (χ0) is 68.7. The Labute approximate surface area is 608 Å². The maximum Gasteiger partial charge on any atom is 0.144 e. The molecule has 0 amide bonds. The molecule has 18 rings (SSSR count). The van der Waals surface area contributed by atoms with E-state index in [1.165, 1.54) is 196 Å². The highest BCUT2D eigenvalue weighted by atomic mass is 35.5. The van der Waals surface area contributed by atoms with Crippen LogP contribution in [0.15, 0.2) is 290 Å². The van der Waals surface area contributed by atoms with E-state index in [1.807, 2.05) is 0 Å². The number of para-hydroxylation sites is 1. The number of hydrogen-bond donors (Lipinski definition) is 0. The molecule has 14 aromatic rings. The summed E-state index contributed by atoms with van der Waals surface area (Å²) in [6.07, 6.45) is 18.3. The minimum atomic E-state index is -0.837. The first-order valence-corrected chi connectivity index (χ1v) is 38.4. The third-order valence-corrected chi connectivity index (χ3v) is 24.7. The summed E-state index contributed by atoms with van der Waals surface area (Å²) in [7, 11) is 0. The van der Waals surface area contributed by atoms with Crippen molar-refractivity contribution in [2.24, 2.45) is 0 Å². The predicted molar refractivity (Wildman–Crippen MR) is 429 cm³/mol. The molecule has 4 aliphatic rings. The van der Waals surface area contributed by atoms with Crippen molar-refractivity contribution >= 4 is 33.5 Å². The lowest BCUT2D eigenvalue weighted by Gasteiger charge is -2.41. The molecule has 0 unspecified atom stereocenters. The van der Waals surface area contributed by atoms with Gasteiger partial charge in [-0.1, -0.05) is 359 Å². The third kappa shape index (κ3) is 9.84. The van der Waals surface area contributed by atoms with Crippen LogP contribution in [-0.2, 0) is 21.7 Å². The molecule has 0 bridgehead atoms. The Hall–Kier alpha value is -10.1. The minimum absolute atomic E-state index is 0.0396. The highest BCUT2D eigenvalue weighted by Gasteiger charge is 2.58. The van der Waals surface area contributed by atoms with E-state index in [-0.39, 0.29) is 10.8 Å². The fourth-order valence-corrected chi connectivity index (χ4v) is 19.9. The zero-order valence-electron chi connectivity index (χ0n) is 59.3. The number of hydrogen-bond acceptors (Lipinski definition) is 1. The van der Waals surface area contributed by atoms with Gasteiger partial charge in [-0.3, -0.25) is 0 Å². The van der Waals surface area contributed by atoms with E-state index in [4.69, 9.17) is 16.0 Å². The van der Waals surface area contributed by atoms with E-state index in [9.17, 15) is 0 Å². The van der Waals surface area contributed by atoms with Gasteiger partial charge in [-0.15, -0.1) is 0 Å². The molecular formula is C100H87ClO. The van der Waals surface area contributed by atoms with Crippen molar-refractivity contribution in [3.05, 3.63) is 357 Å². The molecule has 0 N–H and O–H groups in total. The molecule has 4 aliphatic carbocycles. The van der Waals surface area contributed by atoms with E-state index in [0.717, 1.165) is 49.8 Å². The van der Waals surface area contributed by atoms with Gasteiger partial charge in [0.15, 0.2) is 0 Å². The summed E-state index contributed by atoms with van der Waals surface area (Å²) in [5, 5.41) is 2.93. The van der Waals surface area contributed by atoms with E-state index >= 15 is 0 Å². The normalized spacial score (nSPS) is 14.8. The summed E-state index contributed by atoms with van der Waals surface area (Å²) in [4.78, 5) is 0. The van der Waals surface area contributed by atoms with Gasteiger partial charge in [-0.25, -0.2) is 0 Å². The standard InChI is InChI=1S/C100H87ClO/c1-5-7-9-11-13-31-59-98(60-32-14-12-10-8-6-2)84-43-29-27-41-77(84)80-56-51-71(63-87(80)98)70-50-55-79-78-54-49-68(61-85(78)97(3,4)86(79)62-70)66-45-47-67(48-46-66)69-52-57-82-88(64-69)99(72-33-19-15-20-34-72,73-35-21-16-22-36-73)95-93(82)96-92(83-42-28-30-44-90(83)102-96)91-81-58-53-76(101)65-89(81)100(94(91)95,74-37-23-17-24-38-74)75-39-25-18-26-40-75/h15-30,33-58,61-65H,5-14,31-32,59-60H2,1-4H3. The van der Waals surface area contributed by atoms with Crippen molar-refractivity contribution in [2.75, 3.05) is 0 Å². The quantitative estimate of drug-likeness (QED) is 0.0654. The highest BCUT2D eigenvalue weighted by Crippen LogP contribution is 2.69. The number of furan rings is 1. The average Bonchev–Trinajstić information content (AvgIpc) is 1.47. The van der Waals surface area contributed by atoms with Crippen LogP contribution in [0, 0.1) is 0 Å². The van der Waals surface area contributed by atoms with Gasteiger partial charge in [-0.05, 0) is 194 Å². The highest BCUT2D eigenvalue weighted by molar-refractivity contribution is 6.31. The van der Waals surface area contributed by atoms with Crippen LogP contribution in [0.3, 0.4) is 0 Å². The first-order valence-electron chi connectivity index (χ1n) is 38.0. The topological polar surface area (TPSA) is 13.1 Å². The lowest BCUT2D eigenvalue weighted by atomic mass is 9.60. The largest absolute Gasteiger partial charge is 0.455 e. The fourth-order valence-electron chi connectivity index (χ4n) is 19.8. The van der Waals surface area contributed by atoms with Gasteiger partial charge in [0, 0.05) is 32.2 Å². The van der Waals surface area contributed by atoms with E-state index in [1.54, 1.807) is 11.1 Å². The number of unbranched alkanes of at least 4 members (excludes halogenated alkanes) is 10. The second-order valence-corrected chi connectivity index (χ2v) is 30.8. The maximum absolute atomic E-state index is 7.46. The number of fused-ring (bicyclic) bond motifs is 18. The van der Waals surface area contributed by atoms with Gasteiger partial charge in [0.2, 0.25) is 0 Å². The molecule has 1 heterocycles. The molecule has 0 radical (unpaired) electrons. The molecule has 0 saturated heterocycles. The lowest BCUT2D eigenvalue weighted by molar-refractivity contribution is 0.398. The van der Waals surface area contributed by atoms with Crippen molar-refractivity contribution in [3.8, 4) is 77.9 Å². The SMILES string of the molecule is CCCCCCCCC1(CCCCCCCC)c2ccccc2-c2ccc(-c3ccc4c(c3)C(C)(C)c3cc(-c5ccc(-c6ccc7c(c6)C(c6ccccc6)(c6ccccc6)c6c8c(c9c(oc%10ccccc%109)c6-7)-c6ccc(Cl)cc6C8(c6ccccc6)c6ccccc6)cc5)ccc3-4)cc21. The molecule has 2 heteroatoms. The minimum Gasteiger partial charge on any atom is -0.455 e. The molecule has 0 fully saturated rings. The monoisotopic (exact) mass is 1340 g/mol. The van der Waals surface area contributed by atoms with Gasteiger partial charge in [0.1, 0.15) is 11.2 Å². The van der Waals surface area contributed by atoms with Crippen molar-refractivity contribution in [1.29, 1.82) is 0 Å². The van der Waals surface area contributed by atoms with Gasteiger partial charge >= 0.3 is 0 Å². The van der Waals surface area contributed by atoms with Crippen LogP contribution in [0.5, 0.6) is 0 Å². The van der Waals surface area contributed by atoms with Crippen molar-refractivity contribution in [1.82, 2.24) is 0 Å². The van der Waals surface area contributed by atoms with Crippen molar-refractivity contribution < 1.29 is 4.42 Å². The molecule has 13 aromatic carbocycles. The summed E-state index contributed by atoms with van der Waals surface area (Å²) in [6, 6.07) is 109. The molecule has 0 atom stereocenters. The van der Waals surface area contributed by atoms with Crippen molar-refractivity contribution in [2.45, 2.75) is 139 Å². The molecule has 0 spiro atoms. The van der Waals surface area contributed by atoms with Crippen LogP contribution in [0.4, 0.5) is 0 Å². The van der Waals surface area contributed by atoms with Gasteiger partial charge < -0.3 is 4.42 Å². The van der Waals surface area contributed by atoms with E-state index in [2.05, 4.69) is 313 Å². The van der Waals surface area contributed by atoms with Gasteiger partial charge in [-0.2, -0.15) is 0 Å². The van der Waals surface area contributed by atoms with Crippen LogP contribution < -0.4 is 0 Å². The first kappa shape index (κ1) is 64.1. The fraction of sp³-hybridized carbons (Fsp3) is 0.220. The molecule has 1 nitrogen and oxygen atoms in total. The van der Waals surface area contributed by atoms with E-state index < -0.39 is 10.8 Å². The van der Waals surface area contributed by atoms with Gasteiger partial charge in [0.05, 0.1) is 10.8 Å². The molecule has 500 valence electrons. The van der Waals surface area contributed by atoms with Crippen LogP contribution in [-0.4, -0.2) is 0 Å². The summed E-state index contributed by atoms with van der Waals surface area (Å²) in [5.74, 6) is 0. The number of benzene rings is 13. The lowest BCUT2D eigenvalue weighted by Crippen LogP contribution is -2.35. The summed E-state index contributed by atoms with van der Waals surface area (Å²) < 4.78 is 7.46. The maximum atomic E-state index is 7.46. The molecule has 0 aliphatic heterocycles. The Bertz CT molecular complexity index is 5420. The van der Waals surface area contributed by atoms with Crippen LogP contribution in [0.25, 0.3) is 99.8 Å². The Morgan fingerprint density at radius 1 is 0.304 bits per heavy atom. The Morgan fingerprint density at radius 2 is 0.676 bits per heavy atom. The van der Waals surface area contributed by atoms with Crippen LogP contribution in [0.2, 0.25) is 5.02 Å². The Balaban J connectivity index is 0.736. The first-order chi connectivity index (χ1) is 50.2. The Morgan fingerprint density at radius 3 is 1.21 bits per heavy atom. The van der Waals surface area contributed by atoms with Crippen molar-refractivity contribution in [3.63, 3.8) is 0 Å². The summed E-state index contributed by atoms with van der Waals surface area (Å²) in [5.41, 5.74) is 33.1. The summed E-state index contributed by atoms with van der Waals surface area (Å²) in [6.45, 7) is 9.55. The summed E-state index contributed by atoms with van der Waals surface area (Å²) >= 11 is 7.34. The van der Waals surface area contributed by atoms with Crippen LogP contribution >= 0.6 is 11.6 Å². The Kier molecular flexibility index (Phi) is 16.2. The number of halogens is 1. The zero-order valence-corrected chi connectivity index (χ0v) is 60.1. The van der Waals surface area contributed by atoms with Crippen LogP contribution in [0.1, 0.15) is 184 Å². The third-order valence-electron chi connectivity index (χ3n) is 24.5. The average molecular weight is 1340 g/mol. The molecule has 102 heavy (non-hydrogen) atoms. The molecular weight excluding hydrogens is 1250 g/mol. The van der Waals surface area contributed by atoms with Gasteiger partial charge in [0.25, 0.3) is 0 Å². The molecule has 0 saturated carbocycles. The second kappa shape index (κ2) is 25.8. The number of rotatable bonds is 21. The second-order valence-electron chi connectivity index (χ2n) is 30.4. The predicted octanol–water partition coefficient (Wildman–Crippen LogP) is 28.0.